The van der Waals surface area contributed by atoms with Gasteiger partial charge in [-0.05, 0) is 6.42 Å². The van der Waals surface area contributed by atoms with Crippen molar-refractivity contribution in [3.8, 4) is 0 Å². The van der Waals surface area contributed by atoms with Gasteiger partial charge in [0, 0.05) is 12.6 Å². The van der Waals surface area contributed by atoms with Crippen LogP contribution in [0, 0.1) is 16.0 Å². The van der Waals surface area contributed by atoms with Crippen LogP contribution in [0.25, 0.3) is 0 Å². The summed E-state index contributed by atoms with van der Waals surface area (Å²) in [5.74, 6) is -2.19. The van der Waals surface area contributed by atoms with E-state index in [4.69, 9.17) is 5.11 Å². The van der Waals surface area contributed by atoms with Crippen molar-refractivity contribution in [3.63, 3.8) is 0 Å². The molecule has 0 radical (unpaired) electrons. The fourth-order valence-electron chi connectivity index (χ4n) is 1.59. The van der Waals surface area contributed by atoms with Gasteiger partial charge in [-0.15, -0.1) is 0 Å². The molecular formula is C11H15N3O5. The largest absolute Gasteiger partial charge is 0.481 e. The maximum Gasteiger partial charge on any atom is 0.308 e. The van der Waals surface area contributed by atoms with Gasteiger partial charge in [-0.25, -0.2) is 0 Å². The lowest BCUT2D eigenvalue weighted by Gasteiger charge is -2.11. The van der Waals surface area contributed by atoms with Gasteiger partial charge < -0.3 is 15.4 Å². The van der Waals surface area contributed by atoms with Gasteiger partial charge >= 0.3 is 5.97 Å². The summed E-state index contributed by atoms with van der Waals surface area (Å²) in [5.41, 5.74) is -0.180. The van der Waals surface area contributed by atoms with Crippen molar-refractivity contribution in [1.29, 1.82) is 0 Å². The van der Waals surface area contributed by atoms with Crippen molar-refractivity contribution in [3.05, 3.63) is 28.1 Å². The molecule has 0 saturated heterocycles. The van der Waals surface area contributed by atoms with Crippen molar-refractivity contribution in [2.45, 2.75) is 19.8 Å². The second-order valence-electron chi connectivity index (χ2n) is 4.06. The summed E-state index contributed by atoms with van der Waals surface area (Å²) < 4.78 is 0. The predicted molar refractivity (Wildman–Crippen MR) is 65.8 cm³/mol. The number of hydrogen-bond donors (Lipinski definition) is 3. The highest BCUT2D eigenvalue weighted by Crippen LogP contribution is 2.12. The van der Waals surface area contributed by atoms with Crippen LogP contribution in [0.1, 0.15) is 30.3 Å². The van der Waals surface area contributed by atoms with E-state index in [9.17, 15) is 19.7 Å². The predicted octanol–water partition coefficient (Wildman–Crippen LogP) is 1.15. The minimum atomic E-state index is -0.973. The molecule has 0 aliphatic heterocycles. The topological polar surface area (TPSA) is 125 Å². The molecule has 0 saturated carbocycles. The maximum atomic E-state index is 11.7. The number of H-pyrrole nitrogens is 1. The first-order valence-corrected chi connectivity index (χ1v) is 5.79. The van der Waals surface area contributed by atoms with E-state index in [0.29, 0.717) is 12.8 Å². The summed E-state index contributed by atoms with van der Waals surface area (Å²) in [6.07, 6.45) is 2.26. The van der Waals surface area contributed by atoms with Crippen LogP contribution in [0.2, 0.25) is 0 Å². The summed E-state index contributed by atoms with van der Waals surface area (Å²) >= 11 is 0. The summed E-state index contributed by atoms with van der Waals surface area (Å²) in [6, 6.07) is 1.10. The summed E-state index contributed by atoms with van der Waals surface area (Å²) in [4.78, 5) is 34.8. The van der Waals surface area contributed by atoms with Crippen LogP contribution in [0.15, 0.2) is 12.3 Å². The molecule has 8 heteroatoms. The van der Waals surface area contributed by atoms with Crippen LogP contribution >= 0.6 is 0 Å². The molecule has 3 N–H and O–H groups in total. The Bertz CT molecular complexity index is 482. The summed E-state index contributed by atoms with van der Waals surface area (Å²) in [6.45, 7) is 1.85. The molecule has 1 heterocycles. The van der Waals surface area contributed by atoms with Gasteiger partial charge in [0.15, 0.2) is 0 Å². The first-order chi connectivity index (χ1) is 8.95. The average Bonchev–Trinajstić information content (AvgIpc) is 2.83. The molecule has 0 aromatic carbocycles. The smallest absolute Gasteiger partial charge is 0.308 e. The second kappa shape index (κ2) is 6.53. The van der Waals surface area contributed by atoms with Crippen molar-refractivity contribution >= 4 is 17.6 Å². The van der Waals surface area contributed by atoms with Crippen molar-refractivity contribution < 1.29 is 19.6 Å². The molecule has 104 valence electrons. The Morgan fingerprint density at radius 1 is 1.58 bits per heavy atom. The first kappa shape index (κ1) is 14.7. The molecule has 0 aliphatic carbocycles. The second-order valence-corrected chi connectivity index (χ2v) is 4.06. The molecule has 1 atom stereocenters. The third-order valence-electron chi connectivity index (χ3n) is 2.62. The first-order valence-electron chi connectivity index (χ1n) is 5.79. The molecule has 1 rings (SSSR count). The van der Waals surface area contributed by atoms with Gasteiger partial charge in [0.1, 0.15) is 5.69 Å². The lowest BCUT2D eigenvalue weighted by Crippen LogP contribution is -2.33. The molecule has 0 spiro atoms. The van der Waals surface area contributed by atoms with Crippen molar-refractivity contribution in [1.82, 2.24) is 10.3 Å². The van der Waals surface area contributed by atoms with Crippen molar-refractivity contribution in [2.75, 3.05) is 6.54 Å². The Kier molecular flexibility index (Phi) is 5.04. The number of carbonyl (C=O) groups is 2. The van der Waals surface area contributed by atoms with E-state index in [1.54, 1.807) is 0 Å². The zero-order chi connectivity index (χ0) is 14.4. The van der Waals surface area contributed by atoms with E-state index in [0.717, 1.165) is 12.3 Å². The number of nitrogens with zero attached hydrogens (tertiary/aromatic N) is 1. The monoisotopic (exact) mass is 269 g/mol. The highest BCUT2D eigenvalue weighted by molar-refractivity contribution is 5.93. The van der Waals surface area contributed by atoms with Gasteiger partial charge in [0.2, 0.25) is 0 Å². The molecule has 0 bridgehead atoms. The minimum absolute atomic E-state index is 0.00513. The average molecular weight is 269 g/mol. The highest BCUT2D eigenvalue weighted by atomic mass is 16.6. The van der Waals surface area contributed by atoms with Crippen LogP contribution < -0.4 is 5.32 Å². The lowest BCUT2D eigenvalue weighted by molar-refractivity contribution is -0.384. The highest BCUT2D eigenvalue weighted by Gasteiger charge is 2.19. The molecule has 1 aromatic rings. The summed E-state index contributed by atoms with van der Waals surface area (Å²) in [7, 11) is 0. The minimum Gasteiger partial charge on any atom is -0.481 e. The Morgan fingerprint density at radius 2 is 2.26 bits per heavy atom. The number of carboxylic acids is 1. The van der Waals surface area contributed by atoms with Crippen LogP contribution in [-0.2, 0) is 4.79 Å². The normalized spacial score (nSPS) is 11.8. The van der Waals surface area contributed by atoms with E-state index in [2.05, 4.69) is 10.3 Å². The number of aliphatic carboxylic acids is 1. The molecule has 8 nitrogen and oxygen atoms in total. The zero-order valence-electron chi connectivity index (χ0n) is 10.4. The number of amides is 1. The third-order valence-corrected chi connectivity index (χ3v) is 2.62. The number of rotatable bonds is 7. The number of nitro groups is 1. The standard InChI is InChI=1S/C11H15N3O5/c1-2-3-7(11(16)17)5-13-10(15)9-4-8(6-12-9)14(18)19/h4,6-7,12H,2-3,5H2,1H3,(H,13,15)(H,16,17). The van der Waals surface area contributed by atoms with E-state index in [1.165, 1.54) is 0 Å². The van der Waals surface area contributed by atoms with E-state index in [-0.39, 0.29) is 17.9 Å². The number of nitrogens with one attached hydrogen (secondary N) is 2. The van der Waals surface area contributed by atoms with Crippen LogP contribution in [-0.4, -0.2) is 33.4 Å². The molecule has 1 unspecified atom stereocenters. The quantitative estimate of drug-likeness (QED) is 0.505. The van der Waals surface area contributed by atoms with E-state index < -0.39 is 22.7 Å². The molecule has 1 amide bonds. The number of carbonyl (C=O) groups excluding carboxylic acids is 1. The van der Waals surface area contributed by atoms with Crippen LogP contribution in [0.5, 0.6) is 0 Å². The molecule has 0 fully saturated rings. The number of hydrogen-bond acceptors (Lipinski definition) is 4. The van der Waals surface area contributed by atoms with Crippen LogP contribution in [0.3, 0.4) is 0 Å². The van der Waals surface area contributed by atoms with Gasteiger partial charge in [-0.3, -0.25) is 19.7 Å². The Morgan fingerprint density at radius 3 is 2.74 bits per heavy atom. The van der Waals surface area contributed by atoms with Gasteiger partial charge in [-0.1, -0.05) is 13.3 Å². The van der Waals surface area contributed by atoms with Gasteiger partial charge in [0.05, 0.1) is 17.0 Å². The fraction of sp³-hybridized carbons (Fsp3) is 0.455. The SMILES string of the molecule is CCCC(CNC(=O)c1cc([N+](=O)[O-])c[nH]1)C(=O)O. The number of aromatic nitrogens is 1. The van der Waals surface area contributed by atoms with Gasteiger partial charge in [-0.2, -0.15) is 0 Å². The zero-order valence-corrected chi connectivity index (χ0v) is 10.4. The summed E-state index contributed by atoms with van der Waals surface area (Å²) in [5, 5.41) is 21.8. The third kappa shape index (κ3) is 4.09. The lowest BCUT2D eigenvalue weighted by atomic mass is 10.0. The Labute approximate surface area is 109 Å². The fourth-order valence-corrected chi connectivity index (χ4v) is 1.59. The molecule has 19 heavy (non-hydrogen) atoms. The molecular weight excluding hydrogens is 254 g/mol. The maximum absolute atomic E-state index is 11.7. The Balaban J connectivity index is 2.58. The number of aromatic amines is 1. The van der Waals surface area contributed by atoms with E-state index >= 15 is 0 Å². The van der Waals surface area contributed by atoms with Gasteiger partial charge in [0.25, 0.3) is 11.6 Å². The molecule has 1 aromatic heterocycles. The molecule has 0 aliphatic rings. The van der Waals surface area contributed by atoms with Crippen LogP contribution in [0.4, 0.5) is 5.69 Å². The van der Waals surface area contributed by atoms with E-state index in [1.807, 2.05) is 6.92 Å². The van der Waals surface area contributed by atoms with Crippen molar-refractivity contribution in [2.24, 2.45) is 5.92 Å². The Hall–Kier alpha value is -2.38. The number of carboxylic acid groups (broad SMARTS) is 1.